The van der Waals surface area contributed by atoms with Gasteiger partial charge in [-0.1, -0.05) is 184 Å². The number of anilines is 2. The van der Waals surface area contributed by atoms with Crippen molar-refractivity contribution in [2.24, 2.45) is 0 Å². The molecule has 9 aromatic carbocycles. The van der Waals surface area contributed by atoms with Gasteiger partial charge in [-0.25, -0.2) is 0 Å². The van der Waals surface area contributed by atoms with E-state index in [-0.39, 0.29) is 5.41 Å². The molecule has 1 nitrogen and oxygen atoms in total. The minimum absolute atomic E-state index is 0.0545. The summed E-state index contributed by atoms with van der Waals surface area (Å²) in [5, 5.41) is 7.61. The van der Waals surface area contributed by atoms with E-state index < -0.39 is 0 Å². The second-order valence-electron chi connectivity index (χ2n) is 17.0. The fraction of sp³-hybridized carbons (Fsp3) is 0.115. The third-order valence-electron chi connectivity index (χ3n) is 13.7. The van der Waals surface area contributed by atoms with Crippen LogP contribution in [0.4, 0.5) is 11.4 Å². The van der Waals surface area contributed by atoms with E-state index in [4.69, 9.17) is 0 Å². The van der Waals surface area contributed by atoms with E-state index in [1.165, 1.54) is 105 Å². The molecule has 0 aromatic heterocycles. The van der Waals surface area contributed by atoms with E-state index in [9.17, 15) is 0 Å². The van der Waals surface area contributed by atoms with Crippen LogP contribution in [0.1, 0.15) is 61.8 Å². The van der Waals surface area contributed by atoms with Gasteiger partial charge in [-0.3, -0.25) is 0 Å². The van der Waals surface area contributed by atoms with Crippen LogP contribution in [0, 0.1) is 0 Å². The zero-order valence-electron chi connectivity index (χ0n) is 35.5. The molecule has 0 amide bonds. The van der Waals surface area contributed by atoms with Crippen molar-refractivity contribution in [1.29, 1.82) is 0 Å². The summed E-state index contributed by atoms with van der Waals surface area (Å²) >= 11 is 0. The Hall–Kier alpha value is -7.22. The molecule has 0 saturated heterocycles. The average Bonchev–Trinajstić information content (AvgIpc) is 3.62. The highest BCUT2D eigenvalue weighted by molar-refractivity contribution is 6.22. The molecule has 0 saturated carbocycles. The van der Waals surface area contributed by atoms with Gasteiger partial charge in [0.1, 0.15) is 0 Å². The zero-order chi connectivity index (χ0) is 41.6. The van der Waals surface area contributed by atoms with Crippen LogP contribution in [-0.4, -0.2) is 0 Å². The molecule has 11 rings (SSSR count). The molecule has 62 heavy (non-hydrogen) atoms. The molecule has 0 radical (unpaired) electrons. The second kappa shape index (κ2) is 15.7. The molecule has 0 atom stereocenters. The molecule has 0 N–H and O–H groups in total. The van der Waals surface area contributed by atoms with Gasteiger partial charge in [0, 0.05) is 22.5 Å². The highest BCUT2D eigenvalue weighted by Crippen LogP contribution is 2.54. The van der Waals surface area contributed by atoms with Crippen LogP contribution < -0.4 is 4.90 Å². The minimum Gasteiger partial charge on any atom is -0.311 e. The predicted octanol–water partition coefficient (Wildman–Crippen LogP) is 17.1. The van der Waals surface area contributed by atoms with Gasteiger partial charge in [0.05, 0.1) is 0 Å². The first-order valence-corrected chi connectivity index (χ1v) is 22.4. The first kappa shape index (κ1) is 37.8. The molecule has 9 aromatic rings. The van der Waals surface area contributed by atoms with Crippen LogP contribution in [0.25, 0.3) is 77.9 Å². The Labute approximate surface area is 365 Å². The molecule has 2 aliphatic carbocycles. The lowest BCUT2D eigenvalue weighted by Gasteiger charge is -2.32. The SMILES string of the molecule is CCC1(CC)c2cc(/C=C/c3ccc4cc(-c5c(-c6ccccc6)c6ccccc6c6ccccc56)ccc4c3)ccc2-c2ccc(N(C3=CCCC=C3)c3ccccc3)cc21. The maximum Gasteiger partial charge on any atom is 0.0464 e. The minimum atomic E-state index is -0.0545. The number of benzene rings is 9. The number of hydrogen-bond acceptors (Lipinski definition) is 1. The lowest BCUT2D eigenvalue weighted by Crippen LogP contribution is -2.24. The fourth-order valence-electron chi connectivity index (χ4n) is 10.6. The Bertz CT molecular complexity index is 3250. The molecule has 0 unspecified atom stereocenters. The Morgan fingerprint density at radius 1 is 0.468 bits per heavy atom. The van der Waals surface area contributed by atoms with Crippen LogP contribution in [0.3, 0.4) is 0 Å². The quantitative estimate of drug-likeness (QED) is 0.104. The maximum atomic E-state index is 2.49. The fourth-order valence-corrected chi connectivity index (χ4v) is 10.6. The van der Waals surface area contributed by atoms with Crippen LogP contribution in [0.2, 0.25) is 0 Å². The molecular formula is C61H49N. The summed E-state index contributed by atoms with van der Waals surface area (Å²) in [6, 6.07) is 67.7. The van der Waals surface area contributed by atoms with Crippen molar-refractivity contribution in [3.05, 3.63) is 228 Å². The highest BCUT2D eigenvalue weighted by atomic mass is 15.1. The highest BCUT2D eigenvalue weighted by Gasteiger charge is 2.41. The Balaban J connectivity index is 0.935. The van der Waals surface area contributed by atoms with E-state index in [2.05, 4.69) is 231 Å². The van der Waals surface area contributed by atoms with Crippen molar-refractivity contribution >= 4 is 55.8 Å². The predicted molar refractivity (Wildman–Crippen MR) is 267 cm³/mol. The lowest BCUT2D eigenvalue weighted by molar-refractivity contribution is 0.490. The number of fused-ring (bicyclic) bond motifs is 7. The van der Waals surface area contributed by atoms with Gasteiger partial charge in [0.25, 0.3) is 0 Å². The number of hydrogen-bond donors (Lipinski definition) is 0. The summed E-state index contributed by atoms with van der Waals surface area (Å²) in [5.74, 6) is 0. The van der Waals surface area contributed by atoms with Gasteiger partial charge < -0.3 is 4.90 Å². The van der Waals surface area contributed by atoms with Gasteiger partial charge in [0.15, 0.2) is 0 Å². The largest absolute Gasteiger partial charge is 0.311 e. The number of rotatable bonds is 9. The van der Waals surface area contributed by atoms with Crippen LogP contribution >= 0.6 is 0 Å². The third-order valence-corrected chi connectivity index (χ3v) is 13.7. The van der Waals surface area contributed by atoms with Crippen molar-refractivity contribution in [2.45, 2.75) is 44.9 Å². The normalized spacial score (nSPS) is 14.1. The average molecular weight is 796 g/mol. The molecule has 0 heterocycles. The van der Waals surface area contributed by atoms with E-state index in [0.29, 0.717) is 0 Å². The van der Waals surface area contributed by atoms with Crippen molar-refractivity contribution in [3.8, 4) is 33.4 Å². The topological polar surface area (TPSA) is 3.24 Å². The first-order chi connectivity index (χ1) is 30.6. The van der Waals surface area contributed by atoms with E-state index in [1.807, 2.05) is 0 Å². The third kappa shape index (κ3) is 6.31. The van der Waals surface area contributed by atoms with Crippen molar-refractivity contribution in [1.82, 2.24) is 0 Å². The van der Waals surface area contributed by atoms with Gasteiger partial charge in [-0.05, 0) is 156 Å². The van der Waals surface area contributed by atoms with Crippen molar-refractivity contribution in [2.75, 3.05) is 4.90 Å². The number of nitrogens with zero attached hydrogens (tertiary/aromatic N) is 1. The number of para-hydroxylation sites is 1. The molecule has 298 valence electrons. The van der Waals surface area contributed by atoms with Gasteiger partial charge >= 0.3 is 0 Å². The van der Waals surface area contributed by atoms with E-state index in [1.54, 1.807) is 0 Å². The van der Waals surface area contributed by atoms with Crippen LogP contribution in [-0.2, 0) is 5.41 Å². The lowest BCUT2D eigenvalue weighted by atomic mass is 9.73. The summed E-state index contributed by atoms with van der Waals surface area (Å²) in [6.45, 7) is 4.73. The first-order valence-electron chi connectivity index (χ1n) is 22.4. The Morgan fingerprint density at radius 2 is 1.03 bits per heavy atom. The Kier molecular flexibility index (Phi) is 9.54. The number of allylic oxidation sites excluding steroid dienone is 3. The molecule has 0 fully saturated rings. The molecular weight excluding hydrogens is 747 g/mol. The van der Waals surface area contributed by atoms with Crippen LogP contribution in [0.15, 0.2) is 206 Å². The summed E-state index contributed by atoms with van der Waals surface area (Å²) in [7, 11) is 0. The summed E-state index contributed by atoms with van der Waals surface area (Å²) in [4.78, 5) is 2.43. The standard InChI is InChI=1S/C61H49N/c1-3-61(4-2)57-39-43(31-36-53(57)54-37-35-50(41-58(54)61)62(48-20-10-6-11-21-48)49-22-12-7-13-23-49)29-28-42-30-32-46-40-47(34-33-45(46)38-42)60-56-27-17-15-25-52(56)51-24-14-16-26-55(51)59(60)44-18-8-5-9-19-44/h5-6,8-12,14-41H,3-4,7,13H2,1-2H3/b29-28+. The smallest absolute Gasteiger partial charge is 0.0464 e. The van der Waals surface area contributed by atoms with Crippen molar-refractivity contribution < 1.29 is 0 Å². The van der Waals surface area contributed by atoms with Gasteiger partial charge in [0.2, 0.25) is 0 Å². The molecule has 0 bridgehead atoms. The van der Waals surface area contributed by atoms with Crippen molar-refractivity contribution in [3.63, 3.8) is 0 Å². The summed E-state index contributed by atoms with van der Waals surface area (Å²) in [5.41, 5.74) is 16.7. The molecule has 1 heteroatoms. The van der Waals surface area contributed by atoms with Crippen LogP contribution in [0.5, 0.6) is 0 Å². The second-order valence-corrected chi connectivity index (χ2v) is 17.0. The van der Waals surface area contributed by atoms with E-state index >= 15 is 0 Å². The summed E-state index contributed by atoms with van der Waals surface area (Å²) in [6.07, 6.45) is 15.8. The Morgan fingerprint density at radius 3 is 1.71 bits per heavy atom. The van der Waals surface area contributed by atoms with Gasteiger partial charge in [-0.2, -0.15) is 0 Å². The maximum absolute atomic E-state index is 2.49. The molecule has 0 aliphatic heterocycles. The zero-order valence-corrected chi connectivity index (χ0v) is 35.5. The molecule has 0 spiro atoms. The molecule has 2 aliphatic rings. The van der Waals surface area contributed by atoms with E-state index in [0.717, 1.165) is 25.7 Å². The van der Waals surface area contributed by atoms with Gasteiger partial charge in [-0.15, -0.1) is 0 Å². The monoisotopic (exact) mass is 795 g/mol. The summed E-state index contributed by atoms with van der Waals surface area (Å²) < 4.78 is 0.